The molecule has 26 heavy (non-hydrogen) atoms. The summed E-state index contributed by atoms with van der Waals surface area (Å²) >= 11 is 7.41. The second-order valence-corrected chi connectivity index (χ2v) is 6.50. The topological polar surface area (TPSA) is 51.2 Å². The summed E-state index contributed by atoms with van der Waals surface area (Å²) in [5.41, 5.74) is 1.85. The first kappa shape index (κ1) is 18.1. The number of nitrogens with zero attached hydrogens (tertiary/aromatic N) is 1. The summed E-state index contributed by atoms with van der Waals surface area (Å²) in [6.45, 7) is 0. The van der Waals surface area contributed by atoms with E-state index in [0.717, 1.165) is 5.56 Å². The lowest BCUT2D eigenvalue weighted by atomic mass is 10.2. The first-order valence-corrected chi connectivity index (χ1v) is 8.85. The molecule has 0 radical (unpaired) electrons. The van der Waals surface area contributed by atoms with Crippen LogP contribution >= 0.6 is 22.9 Å². The maximum absolute atomic E-state index is 13.5. The van der Waals surface area contributed by atoms with Gasteiger partial charge in [0.05, 0.1) is 17.8 Å². The number of hydrogen-bond acceptors (Lipinski definition) is 4. The van der Waals surface area contributed by atoms with Crippen molar-refractivity contribution in [1.82, 2.24) is 4.98 Å². The lowest BCUT2D eigenvalue weighted by molar-refractivity contribution is -0.111. The van der Waals surface area contributed by atoms with E-state index >= 15 is 0 Å². The van der Waals surface area contributed by atoms with E-state index in [0.29, 0.717) is 27.2 Å². The Kier molecular flexibility index (Phi) is 5.65. The van der Waals surface area contributed by atoms with Gasteiger partial charge in [-0.2, -0.15) is 0 Å². The zero-order valence-electron chi connectivity index (χ0n) is 13.7. The Morgan fingerprint density at radius 2 is 2.12 bits per heavy atom. The fraction of sp³-hybridized carbons (Fsp3) is 0.0526. The van der Waals surface area contributed by atoms with Crippen LogP contribution in [0.4, 0.5) is 9.52 Å². The highest BCUT2D eigenvalue weighted by Gasteiger charge is 2.09. The smallest absolute Gasteiger partial charge is 0.250 e. The maximum atomic E-state index is 13.5. The summed E-state index contributed by atoms with van der Waals surface area (Å²) in [6, 6.07) is 11.6. The molecule has 1 amide bonds. The van der Waals surface area contributed by atoms with E-state index in [1.165, 1.54) is 29.6 Å². The van der Waals surface area contributed by atoms with Crippen LogP contribution in [-0.4, -0.2) is 18.0 Å². The molecule has 1 N–H and O–H groups in total. The van der Waals surface area contributed by atoms with E-state index < -0.39 is 0 Å². The molecule has 0 saturated carbocycles. The van der Waals surface area contributed by atoms with Crippen LogP contribution < -0.4 is 10.1 Å². The minimum atomic E-state index is -0.387. The molecule has 0 fully saturated rings. The van der Waals surface area contributed by atoms with Gasteiger partial charge in [0.2, 0.25) is 5.91 Å². The van der Waals surface area contributed by atoms with Crippen molar-refractivity contribution in [3.05, 3.63) is 70.3 Å². The van der Waals surface area contributed by atoms with Gasteiger partial charge in [-0.15, -0.1) is 11.3 Å². The number of methoxy groups -OCH3 is 1. The Morgan fingerprint density at radius 1 is 1.31 bits per heavy atom. The van der Waals surface area contributed by atoms with Gasteiger partial charge in [0.25, 0.3) is 0 Å². The highest BCUT2D eigenvalue weighted by molar-refractivity contribution is 7.14. The third kappa shape index (κ3) is 4.28. The molecule has 2 aromatic carbocycles. The lowest BCUT2D eigenvalue weighted by Crippen LogP contribution is -2.07. The third-order valence-corrected chi connectivity index (χ3v) is 4.55. The Hall–Kier alpha value is -2.70. The molecule has 0 bridgehead atoms. The van der Waals surface area contributed by atoms with Crippen molar-refractivity contribution >= 4 is 40.1 Å². The number of halogens is 2. The number of carbonyl (C=O) groups is 1. The van der Waals surface area contributed by atoms with E-state index in [1.54, 1.807) is 37.4 Å². The molecule has 0 aliphatic heterocycles. The Balaban J connectivity index is 1.69. The molecule has 0 aliphatic rings. The molecule has 1 aromatic heterocycles. The molecular formula is C19H14ClFN2O2S. The first-order chi connectivity index (χ1) is 12.6. The second kappa shape index (κ2) is 8.12. The Labute approximate surface area is 158 Å². The van der Waals surface area contributed by atoms with Crippen LogP contribution in [0.15, 0.2) is 53.9 Å². The van der Waals surface area contributed by atoms with E-state index in [-0.39, 0.29) is 11.7 Å². The largest absolute Gasteiger partial charge is 0.495 e. The minimum absolute atomic E-state index is 0.343. The van der Waals surface area contributed by atoms with Crippen LogP contribution in [0, 0.1) is 5.82 Å². The highest BCUT2D eigenvalue weighted by atomic mass is 35.5. The van der Waals surface area contributed by atoms with Crippen molar-refractivity contribution in [2.75, 3.05) is 12.4 Å². The fourth-order valence-corrected chi connectivity index (χ4v) is 3.19. The monoisotopic (exact) mass is 388 g/mol. The number of ether oxygens (including phenoxy) is 1. The molecule has 3 aromatic rings. The van der Waals surface area contributed by atoms with Crippen LogP contribution in [0.3, 0.4) is 0 Å². The number of aromatic nitrogens is 1. The van der Waals surface area contributed by atoms with Gasteiger partial charge >= 0.3 is 0 Å². The second-order valence-electron chi connectivity index (χ2n) is 5.23. The number of anilines is 1. The minimum Gasteiger partial charge on any atom is -0.495 e. The summed E-state index contributed by atoms with van der Waals surface area (Å²) in [5.74, 6) is -0.191. The van der Waals surface area contributed by atoms with Gasteiger partial charge in [-0.05, 0) is 30.3 Å². The van der Waals surface area contributed by atoms with Crippen molar-refractivity contribution in [2.24, 2.45) is 0 Å². The molecule has 0 aliphatic carbocycles. The van der Waals surface area contributed by atoms with Crippen molar-refractivity contribution in [2.45, 2.75) is 0 Å². The van der Waals surface area contributed by atoms with Crippen LogP contribution in [0.1, 0.15) is 5.56 Å². The molecule has 0 atom stereocenters. The molecule has 1 heterocycles. The molecule has 132 valence electrons. The highest BCUT2D eigenvalue weighted by Crippen LogP contribution is 2.31. The number of nitrogens with one attached hydrogen (secondary N) is 1. The summed E-state index contributed by atoms with van der Waals surface area (Å²) in [5, 5.41) is 5.40. The van der Waals surface area contributed by atoms with Gasteiger partial charge in [0.15, 0.2) is 5.13 Å². The number of hydrogen-bond donors (Lipinski definition) is 1. The van der Waals surface area contributed by atoms with E-state index in [2.05, 4.69) is 10.3 Å². The maximum Gasteiger partial charge on any atom is 0.250 e. The summed E-state index contributed by atoms with van der Waals surface area (Å²) < 4.78 is 18.7. The molecule has 3 rings (SSSR count). The van der Waals surface area contributed by atoms with Gasteiger partial charge < -0.3 is 4.74 Å². The van der Waals surface area contributed by atoms with Crippen molar-refractivity contribution in [1.29, 1.82) is 0 Å². The quantitative estimate of drug-likeness (QED) is 0.606. The van der Waals surface area contributed by atoms with Gasteiger partial charge in [0.1, 0.15) is 11.6 Å². The zero-order valence-corrected chi connectivity index (χ0v) is 15.3. The molecule has 0 saturated heterocycles. The number of carbonyl (C=O) groups excluding carboxylic acids is 1. The Morgan fingerprint density at radius 3 is 2.85 bits per heavy atom. The van der Waals surface area contributed by atoms with Crippen LogP contribution in [0.2, 0.25) is 5.02 Å². The molecule has 4 nitrogen and oxygen atoms in total. The predicted octanol–water partition coefficient (Wildman–Crippen LogP) is 5.26. The molecule has 0 spiro atoms. The zero-order chi connectivity index (χ0) is 18.5. The molecular weight excluding hydrogens is 375 g/mol. The van der Waals surface area contributed by atoms with Gasteiger partial charge in [-0.3, -0.25) is 10.1 Å². The van der Waals surface area contributed by atoms with Crippen LogP contribution in [-0.2, 0) is 4.79 Å². The molecule has 7 heteroatoms. The molecule has 0 unspecified atom stereocenters. The average Bonchev–Trinajstić information content (AvgIpc) is 3.09. The van der Waals surface area contributed by atoms with Gasteiger partial charge in [0, 0.05) is 22.6 Å². The van der Waals surface area contributed by atoms with Crippen molar-refractivity contribution < 1.29 is 13.9 Å². The SMILES string of the molecule is COc1ccc(-c2csc(NC(=O)/C=C/c3ccccc3F)n2)cc1Cl. The predicted molar refractivity (Wildman–Crippen MR) is 103 cm³/mol. The standard InChI is InChI=1S/C19H14ClFN2O2S/c1-25-17-8-6-13(10-14(17)20)16-11-26-19(22-16)23-18(24)9-7-12-4-2-3-5-15(12)21/h2-11H,1H3,(H,22,23,24)/b9-7+. The Bertz CT molecular complexity index is 972. The summed E-state index contributed by atoms with van der Waals surface area (Å²) in [4.78, 5) is 16.4. The normalized spacial score (nSPS) is 10.9. The third-order valence-electron chi connectivity index (χ3n) is 3.50. The fourth-order valence-electron chi connectivity index (χ4n) is 2.21. The lowest BCUT2D eigenvalue weighted by Gasteiger charge is -2.04. The van der Waals surface area contributed by atoms with Crippen molar-refractivity contribution in [3.8, 4) is 17.0 Å². The van der Waals surface area contributed by atoms with Gasteiger partial charge in [-0.1, -0.05) is 29.8 Å². The summed E-state index contributed by atoms with van der Waals surface area (Å²) in [6.07, 6.45) is 2.69. The van der Waals surface area contributed by atoms with Gasteiger partial charge in [-0.25, -0.2) is 9.37 Å². The number of thiazole rings is 1. The van der Waals surface area contributed by atoms with Crippen molar-refractivity contribution in [3.63, 3.8) is 0 Å². The number of amides is 1. The van der Waals surface area contributed by atoms with E-state index in [4.69, 9.17) is 16.3 Å². The summed E-state index contributed by atoms with van der Waals surface area (Å²) in [7, 11) is 1.55. The van der Waals surface area contributed by atoms with Crippen LogP contribution in [0.25, 0.3) is 17.3 Å². The van der Waals surface area contributed by atoms with E-state index in [1.807, 2.05) is 11.4 Å². The van der Waals surface area contributed by atoms with Crippen LogP contribution in [0.5, 0.6) is 5.75 Å². The van der Waals surface area contributed by atoms with E-state index in [9.17, 15) is 9.18 Å². The average molecular weight is 389 g/mol. The number of benzene rings is 2. The number of rotatable bonds is 5. The first-order valence-electron chi connectivity index (χ1n) is 7.60.